The number of alkyl halides is 2. The molecule has 0 saturated carbocycles. The minimum Gasteiger partial charge on any atom is -0.393 e. The normalized spacial score (nSPS) is 31.7. The van der Waals surface area contributed by atoms with Gasteiger partial charge in [0.15, 0.2) is 17.6 Å². The number of aliphatic hydroxyl groups is 3. The molecule has 0 radical (unpaired) electrons. The first kappa shape index (κ1) is 16.5. The van der Waals surface area contributed by atoms with E-state index >= 15 is 0 Å². The zero-order valence-electron chi connectivity index (χ0n) is 10.8. The van der Waals surface area contributed by atoms with Crippen molar-refractivity contribution in [1.82, 2.24) is 9.55 Å². The predicted octanol–water partition coefficient (Wildman–Crippen LogP) is -1.66. The molecule has 1 saturated heterocycles. The van der Waals surface area contributed by atoms with Crippen LogP contribution >= 0.6 is 0 Å². The van der Waals surface area contributed by atoms with Crippen LogP contribution in [0.1, 0.15) is 6.23 Å². The smallest absolute Gasteiger partial charge is 0.351 e. The van der Waals surface area contributed by atoms with E-state index in [1.165, 1.54) is 0 Å². The molecule has 1 aliphatic heterocycles. The molecule has 12 heteroatoms. The average Bonchev–Trinajstić information content (AvgIpc) is 2.73. The van der Waals surface area contributed by atoms with Crippen molar-refractivity contribution in [3.63, 3.8) is 0 Å². The Kier molecular flexibility index (Phi) is 4.28. The van der Waals surface area contributed by atoms with Crippen molar-refractivity contribution in [2.45, 2.75) is 30.5 Å². The van der Waals surface area contributed by atoms with Gasteiger partial charge in [-0.15, -0.1) is 0 Å². The number of ether oxygens (including phenoxy) is 1. The summed E-state index contributed by atoms with van der Waals surface area (Å²) in [6, 6.07) is 0. The lowest BCUT2D eigenvalue weighted by Gasteiger charge is -2.28. The van der Waals surface area contributed by atoms with Gasteiger partial charge >= 0.3 is 5.69 Å². The van der Waals surface area contributed by atoms with Gasteiger partial charge in [0, 0.05) is 4.53 Å². The second-order valence-electron chi connectivity index (χ2n) is 4.61. The van der Waals surface area contributed by atoms with E-state index in [1.54, 1.807) is 0 Å². The largest absolute Gasteiger partial charge is 0.393 e. The summed E-state index contributed by atoms with van der Waals surface area (Å²) in [7, 11) is 0. The molecule has 4 atom stereocenters. The van der Waals surface area contributed by atoms with Crippen molar-refractivity contribution in [1.29, 1.82) is 0 Å². The zero-order chi connectivity index (χ0) is 16.7. The molecular weight excluding hydrogens is 315 g/mol. The average molecular weight is 327 g/mol. The molecule has 1 fully saturated rings. The molecule has 1 aromatic rings. The Hall–Kier alpha value is -1.89. The minimum absolute atomic E-state index is 0.416. The zero-order valence-corrected chi connectivity index (χ0v) is 10.8. The van der Waals surface area contributed by atoms with E-state index in [4.69, 9.17) is 15.6 Å². The van der Waals surface area contributed by atoms with Crippen LogP contribution in [0, 0.1) is 0 Å². The molecule has 9 nitrogen and oxygen atoms in total. The Morgan fingerprint density at radius 1 is 1.55 bits per heavy atom. The van der Waals surface area contributed by atoms with E-state index < -0.39 is 54.3 Å². The summed E-state index contributed by atoms with van der Waals surface area (Å²) in [4.78, 5) is 18.2. The fourth-order valence-electron chi connectivity index (χ4n) is 2.12. The van der Waals surface area contributed by atoms with Gasteiger partial charge in [-0.2, -0.15) is 4.98 Å². The molecule has 0 bridgehead atoms. The van der Waals surface area contributed by atoms with Crippen LogP contribution in [0.25, 0.3) is 0 Å². The van der Waals surface area contributed by atoms with Gasteiger partial charge in [0.2, 0.25) is 5.75 Å². The molecule has 0 amide bonds. The van der Waals surface area contributed by atoms with E-state index in [2.05, 4.69) is 9.93 Å². The van der Waals surface area contributed by atoms with Crippen molar-refractivity contribution >= 4 is 5.82 Å². The monoisotopic (exact) mass is 327 g/mol. The highest BCUT2D eigenvalue weighted by Crippen LogP contribution is 2.40. The highest BCUT2D eigenvalue weighted by atomic mass is 19.3. The SMILES string of the molecule is Nc1nc(=O)n([C@@H]2O[C@@](CO)(C(F)F)[C@@H](O)[C@H]2O)cc1OF. The van der Waals surface area contributed by atoms with Crippen molar-refractivity contribution in [2.75, 3.05) is 12.3 Å². The fourth-order valence-corrected chi connectivity index (χ4v) is 2.12. The Bertz CT molecular complexity index is 614. The molecule has 0 unspecified atom stereocenters. The molecule has 1 aliphatic rings. The first-order valence-electron chi connectivity index (χ1n) is 5.88. The van der Waals surface area contributed by atoms with Crippen LogP contribution in [0.2, 0.25) is 0 Å². The maximum atomic E-state index is 13.1. The summed E-state index contributed by atoms with van der Waals surface area (Å²) < 4.78 is 43.6. The van der Waals surface area contributed by atoms with E-state index in [-0.39, 0.29) is 0 Å². The number of hydrogen-bond acceptors (Lipinski definition) is 8. The van der Waals surface area contributed by atoms with Gasteiger partial charge in [0.05, 0.1) is 12.8 Å². The number of anilines is 1. The molecule has 22 heavy (non-hydrogen) atoms. The lowest BCUT2D eigenvalue weighted by atomic mass is 9.96. The highest BCUT2D eigenvalue weighted by Gasteiger charge is 2.60. The first-order chi connectivity index (χ1) is 10.3. The van der Waals surface area contributed by atoms with E-state index in [0.29, 0.717) is 10.8 Å². The summed E-state index contributed by atoms with van der Waals surface area (Å²) in [6.45, 7) is -1.33. The molecule has 2 heterocycles. The van der Waals surface area contributed by atoms with Crippen LogP contribution in [-0.2, 0) is 4.74 Å². The van der Waals surface area contributed by atoms with E-state index in [1.807, 2.05) is 0 Å². The van der Waals surface area contributed by atoms with Crippen molar-refractivity contribution in [2.24, 2.45) is 0 Å². The van der Waals surface area contributed by atoms with Crippen molar-refractivity contribution in [3.8, 4) is 5.75 Å². The van der Waals surface area contributed by atoms with Crippen LogP contribution in [0.4, 0.5) is 19.1 Å². The topological polar surface area (TPSA) is 140 Å². The Balaban J connectivity index is 2.49. The maximum Gasteiger partial charge on any atom is 0.351 e. The summed E-state index contributed by atoms with van der Waals surface area (Å²) in [6.07, 6.45) is -8.82. The van der Waals surface area contributed by atoms with Crippen LogP contribution in [0.3, 0.4) is 0 Å². The number of nitrogen functional groups attached to an aromatic ring is 1. The van der Waals surface area contributed by atoms with Crippen molar-refractivity contribution in [3.05, 3.63) is 16.7 Å². The summed E-state index contributed by atoms with van der Waals surface area (Å²) in [5.74, 6) is -1.33. The number of aromatic nitrogens is 2. The number of nitrogens with zero attached hydrogens (tertiary/aromatic N) is 2. The molecular formula is C10H12F3N3O6. The van der Waals surface area contributed by atoms with Gasteiger partial charge in [-0.1, -0.05) is 0 Å². The molecule has 124 valence electrons. The third kappa shape index (κ3) is 2.29. The van der Waals surface area contributed by atoms with Crippen LogP contribution in [-0.4, -0.2) is 55.7 Å². The summed E-state index contributed by atoms with van der Waals surface area (Å²) >= 11 is 0. The molecule has 0 aromatic carbocycles. The Labute approximate surface area is 120 Å². The third-order valence-corrected chi connectivity index (χ3v) is 3.38. The number of halogens is 3. The number of rotatable bonds is 4. The predicted molar refractivity (Wildman–Crippen MR) is 62.6 cm³/mol. The number of hydrogen-bond donors (Lipinski definition) is 4. The van der Waals surface area contributed by atoms with Gasteiger partial charge in [-0.3, -0.25) is 9.51 Å². The van der Waals surface area contributed by atoms with Gasteiger partial charge in [-0.25, -0.2) is 13.6 Å². The summed E-state index contributed by atoms with van der Waals surface area (Å²) in [5, 5.41) is 28.6. The third-order valence-electron chi connectivity index (χ3n) is 3.38. The van der Waals surface area contributed by atoms with Crippen LogP contribution < -0.4 is 16.4 Å². The standard InChI is InChI=1S/C10H12F3N3O6/c11-8(12)10(2-17)5(19)4(18)7(21-10)16-1-3(22-13)6(14)15-9(16)20/h1,4-5,7-8,17-19H,2H2,(H2,14,15,20)/t4-,5+,7-,10-/m1/s1. The van der Waals surface area contributed by atoms with E-state index in [9.17, 15) is 28.3 Å². The van der Waals surface area contributed by atoms with Gasteiger partial charge < -0.3 is 25.8 Å². The Morgan fingerprint density at radius 2 is 2.18 bits per heavy atom. The lowest BCUT2D eigenvalue weighted by molar-refractivity contribution is -0.196. The fraction of sp³-hybridized carbons (Fsp3) is 0.600. The molecule has 0 aliphatic carbocycles. The number of nitrogens with two attached hydrogens (primary N) is 1. The molecule has 2 rings (SSSR count). The highest BCUT2D eigenvalue weighted by molar-refractivity contribution is 5.42. The quantitative estimate of drug-likeness (QED) is 0.515. The minimum atomic E-state index is -3.37. The number of aliphatic hydroxyl groups excluding tert-OH is 3. The lowest BCUT2D eigenvalue weighted by Crippen LogP contribution is -2.52. The van der Waals surface area contributed by atoms with Gasteiger partial charge in [0.1, 0.15) is 12.2 Å². The maximum absolute atomic E-state index is 13.1. The summed E-state index contributed by atoms with van der Waals surface area (Å²) in [5.41, 5.74) is 1.21. The second kappa shape index (κ2) is 5.72. The first-order valence-corrected chi connectivity index (χ1v) is 5.88. The second-order valence-corrected chi connectivity index (χ2v) is 4.61. The van der Waals surface area contributed by atoms with Crippen LogP contribution in [0.15, 0.2) is 11.0 Å². The molecule has 5 N–H and O–H groups in total. The molecule has 1 aromatic heterocycles. The molecule has 0 spiro atoms. The van der Waals surface area contributed by atoms with Crippen molar-refractivity contribution < 1.29 is 38.3 Å². The van der Waals surface area contributed by atoms with Gasteiger partial charge in [0.25, 0.3) is 6.43 Å². The van der Waals surface area contributed by atoms with Gasteiger partial charge in [-0.05, 0) is 0 Å². The van der Waals surface area contributed by atoms with Crippen LogP contribution in [0.5, 0.6) is 5.75 Å². The Morgan fingerprint density at radius 3 is 2.64 bits per heavy atom. The van der Waals surface area contributed by atoms with E-state index in [0.717, 1.165) is 0 Å².